The highest BCUT2D eigenvalue weighted by Gasteiger charge is 2.28. The van der Waals surface area contributed by atoms with Crippen LogP contribution in [0.3, 0.4) is 0 Å². The van der Waals surface area contributed by atoms with Gasteiger partial charge in [0.15, 0.2) is 0 Å². The van der Waals surface area contributed by atoms with E-state index in [1.165, 1.54) is 11.1 Å². The Morgan fingerprint density at radius 3 is 3.00 bits per heavy atom. The zero-order chi connectivity index (χ0) is 11.7. The number of nitrogens with two attached hydrogens (primary N) is 1. The van der Waals surface area contributed by atoms with E-state index in [4.69, 9.17) is 10.8 Å². The zero-order valence-electron chi connectivity index (χ0n) is 9.44. The number of carboxylic acids is 1. The predicted octanol–water partition coefficient (Wildman–Crippen LogP) is 2.09. The molecule has 0 spiro atoms. The Morgan fingerprint density at radius 1 is 1.56 bits per heavy atom. The lowest BCUT2D eigenvalue weighted by Gasteiger charge is -2.28. The van der Waals surface area contributed by atoms with Gasteiger partial charge in [-0.15, -0.1) is 0 Å². The first kappa shape index (κ1) is 11.0. The third-order valence-corrected chi connectivity index (χ3v) is 3.65. The zero-order valence-corrected chi connectivity index (χ0v) is 9.44. The Bertz CT molecular complexity index is 414. The molecule has 2 unspecified atom stereocenters. The number of hydrogen-bond donors (Lipinski definition) is 2. The van der Waals surface area contributed by atoms with Gasteiger partial charge in [0.05, 0.1) is 5.92 Å². The van der Waals surface area contributed by atoms with Crippen LogP contribution in [0.1, 0.15) is 24.5 Å². The first-order valence-electron chi connectivity index (χ1n) is 5.68. The average Bonchev–Trinajstić information content (AvgIpc) is 2.28. The molecule has 0 fully saturated rings. The van der Waals surface area contributed by atoms with Crippen LogP contribution >= 0.6 is 0 Å². The fraction of sp³-hybridized carbons (Fsp3) is 0.462. The summed E-state index contributed by atoms with van der Waals surface area (Å²) in [5.41, 5.74) is 9.20. The van der Waals surface area contributed by atoms with Gasteiger partial charge in [-0.1, -0.05) is 19.1 Å². The molecule has 0 aliphatic heterocycles. The first-order valence-corrected chi connectivity index (χ1v) is 5.68. The standard InChI is InChI=1S/C13H17NO2/c1-8(13(15)16)9-5-6-11-10(7-9)3-2-4-12(11)14/h2-4,8-9H,5-7,14H2,1H3,(H,15,16). The van der Waals surface area contributed by atoms with Crippen molar-refractivity contribution in [2.75, 3.05) is 5.73 Å². The molecule has 1 aromatic rings. The normalized spacial score (nSPS) is 21.2. The number of carboxylic acid groups (broad SMARTS) is 1. The predicted molar refractivity (Wildman–Crippen MR) is 63.2 cm³/mol. The Kier molecular flexibility index (Phi) is 2.86. The Labute approximate surface area is 95.3 Å². The minimum absolute atomic E-state index is 0.242. The highest BCUT2D eigenvalue weighted by molar-refractivity contribution is 5.70. The number of hydrogen-bond acceptors (Lipinski definition) is 2. The van der Waals surface area contributed by atoms with Gasteiger partial charge in [0, 0.05) is 5.69 Å². The van der Waals surface area contributed by atoms with E-state index in [9.17, 15) is 4.79 Å². The minimum atomic E-state index is -0.697. The topological polar surface area (TPSA) is 63.3 Å². The van der Waals surface area contributed by atoms with Crippen LogP contribution in [0.25, 0.3) is 0 Å². The monoisotopic (exact) mass is 219 g/mol. The van der Waals surface area contributed by atoms with Gasteiger partial charge in [-0.2, -0.15) is 0 Å². The Morgan fingerprint density at radius 2 is 2.31 bits per heavy atom. The van der Waals surface area contributed by atoms with Crippen LogP contribution in [0.2, 0.25) is 0 Å². The molecule has 0 heterocycles. The molecule has 0 bridgehead atoms. The molecule has 3 heteroatoms. The molecule has 3 N–H and O–H groups in total. The first-order chi connectivity index (χ1) is 7.59. The van der Waals surface area contributed by atoms with Crippen molar-refractivity contribution < 1.29 is 9.90 Å². The molecule has 16 heavy (non-hydrogen) atoms. The van der Waals surface area contributed by atoms with Gasteiger partial charge in [0.2, 0.25) is 0 Å². The molecule has 2 atom stereocenters. The maximum Gasteiger partial charge on any atom is 0.306 e. The Balaban J connectivity index is 2.21. The third-order valence-electron chi connectivity index (χ3n) is 3.65. The Hall–Kier alpha value is -1.51. The molecule has 86 valence electrons. The summed E-state index contributed by atoms with van der Waals surface area (Å²) in [5, 5.41) is 9.01. The second-order valence-corrected chi connectivity index (χ2v) is 4.61. The van der Waals surface area contributed by atoms with Crippen LogP contribution in [0.5, 0.6) is 0 Å². The quantitative estimate of drug-likeness (QED) is 0.749. The molecule has 3 nitrogen and oxygen atoms in total. The smallest absolute Gasteiger partial charge is 0.306 e. The summed E-state index contributed by atoms with van der Waals surface area (Å²) in [5.74, 6) is -0.723. The fourth-order valence-electron chi connectivity index (χ4n) is 2.49. The lowest BCUT2D eigenvalue weighted by atomic mass is 9.77. The number of anilines is 1. The maximum atomic E-state index is 11.0. The van der Waals surface area contributed by atoms with Crippen molar-refractivity contribution in [1.29, 1.82) is 0 Å². The molecule has 0 amide bonds. The summed E-state index contributed by atoms with van der Waals surface area (Å²) in [6.45, 7) is 1.80. The van der Waals surface area contributed by atoms with E-state index in [1.54, 1.807) is 6.92 Å². The molecule has 0 saturated carbocycles. The van der Waals surface area contributed by atoms with Crippen molar-refractivity contribution in [3.8, 4) is 0 Å². The summed E-state index contributed by atoms with van der Waals surface area (Å²) < 4.78 is 0. The number of rotatable bonds is 2. The summed E-state index contributed by atoms with van der Waals surface area (Å²) >= 11 is 0. The lowest BCUT2D eigenvalue weighted by Crippen LogP contribution is -2.26. The van der Waals surface area contributed by atoms with Gasteiger partial charge >= 0.3 is 5.97 Å². The molecular weight excluding hydrogens is 202 g/mol. The van der Waals surface area contributed by atoms with Crippen molar-refractivity contribution in [3.63, 3.8) is 0 Å². The van der Waals surface area contributed by atoms with E-state index < -0.39 is 5.97 Å². The van der Waals surface area contributed by atoms with Gasteiger partial charge in [0.1, 0.15) is 0 Å². The van der Waals surface area contributed by atoms with Crippen LogP contribution in [0.4, 0.5) is 5.69 Å². The van der Waals surface area contributed by atoms with Gasteiger partial charge in [-0.25, -0.2) is 0 Å². The summed E-state index contributed by atoms with van der Waals surface area (Å²) in [4.78, 5) is 11.0. The van der Waals surface area contributed by atoms with E-state index in [1.807, 2.05) is 12.1 Å². The van der Waals surface area contributed by atoms with Crippen LogP contribution in [-0.2, 0) is 17.6 Å². The number of benzene rings is 1. The summed E-state index contributed by atoms with van der Waals surface area (Å²) in [6.07, 6.45) is 2.67. The molecule has 1 aromatic carbocycles. The fourth-order valence-corrected chi connectivity index (χ4v) is 2.49. The van der Waals surface area contributed by atoms with Gasteiger partial charge < -0.3 is 10.8 Å². The molecule has 2 rings (SSSR count). The van der Waals surface area contributed by atoms with Crippen molar-refractivity contribution in [2.24, 2.45) is 11.8 Å². The van der Waals surface area contributed by atoms with E-state index >= 15 is 0 Å². The van der Waals surface area contributed by atoms with Crippen molar-refractivity contribution >= 4 is 11.7 Å². The lowest BCUT2D eigenvalue weighted by molar-refractivity contribution is -0.143. The molecule has 0 radical (unpaired) electrons. The molecule has 1 aliphatic rings. The van der Waals surface area contributed by atoms with Gasteiger partial charge in [-0.05, 0) is 42.4 Å². The van der Waals surface area contributed by atoms with Crippen molar-refractivity contribution in [2.45, 2.75) is 26.2 Å². The maximum absolute atomic E-state index is 11.0. The van der Waals surface area contributed by atoms with Crippen molar-refractivity contribution in [1.82, 2.24) is 0 Å². The summed E-state index contributed by atoms with van der Waals surface area (Å²) in [6, 6.07) is 5.92. The van der Waals surface area contributed by atoms with Crippen LogP contribution in [0, 0.1) is 11.8 Å². The third kappa shape index (κ3) is 1.90. The van der Waals surface area contributed by atoms with Crippen molar-refractivity contribution in [3.05, 3.63) is 29.3 Å². The van der Waals surface area contributed by atoms with Crippen LogP contribution < -0.4 is 5.73 Å². The van der Waals surface area contributed by atoms with E-state index in [2.05, 4.69) is 6.07 Å². The molecule has 1 aliphatic carbocycles. The molecule has 0 saturated heterocycles. The SMILES string of the molecule is CC(C(=O)O)C1CCc2c(N)cccc2C1. The average molecular weight is 219 g/mol. The summed E-state index contributed by atoms with van der Waals surface area (Å²) in [7, 11) is 0. The minimum Gasteiger partial charge on any atom is -0.481 e. The van der Waals surface area contributed by atoms with E-state index in [0.717, 1.165) is 24.9 Å². The number of aliphatic carboxylic acids is 1. The highest BCUT2D eigenvalue weighted by Crippen LogP contribution is 2.32. The second kappa shape index (κ2) is 4.16. The van der Waals surface area contributed by atoms with Crippen LogP contribution in [-0.4, -0.2) is 11.1 Å². The number of carbonyl (C=O) groups is 1. The highest BCUT2D eigenvalue weighted by atomic mass is 16.4. The van der Waals surface area contributed by atoms with E-state index in [-0.39, 0.29) is 11.8 Å². The number of nitrogen functional groups attached to an aromatic ring is 1. The van der Waals surface area contributed by atoms with Crippen LogP contribution in [0.15, 0.2) is 18.2 Å². The largest absolute Gasteiger partial charge is 0.481 e. The van der Waals surface area contributed by atoms with Gasteiger partial charge in [0.25, 0.3) is 0 Å². The second-order valence-electron chi connectivity index (χ2n) is 4.61. The molecular formula is C13H17NO2. The number of fused-ring (bicyclic) bond motifs is 1. The van der Waals surface area contributed by atoms with Gasteiger partial charge in [-0.3, -0.25) is 4.79 Å². The van der Waals surface area contributed by atoms with E-state index in [0.29, 0.717) is 0 Å². The molecule has 0 aromatic heterocycles.